The molecule has 5 nitrogen and oxygen atoms in total. The van der Waals surface area contributed by atoms with Gasteiger partial charge in [-0.2, -0.15) is 0 Å². The fraction of sp³-hybridized carbons (Fsp3) is 0.105. The molecule has 0 atom stereocenters. The lowest BCUT2D eigenvalue weighted by Crippen LogP contribution is -2.31. The second-order valence-corrected chi connectivity index (χ2v) is 7.35. The van der Waals surface area contributed by atoms with Gasteiger partial charge in [-0.3, -0.25) is 14.5 Å². The zero-order valence-electron chi connectivity index (χ0n) is 14.0. The van der Waals surface area contributed by atoms with Crippen molar-refractivity contribution in [3.63, 3.8) is 0 Å². The van der Waals surface area contributed by atoms with Crippen LogP contribution in [0.25, 0.3) is 6.08 Å². The van der Waals surface area contributed by atoms with Crippen molar-refractivity contribution in [2.24, 2.45) is 0 Å². The van der Waals surface area contributed by atoms with Crippen LogP contribution in [-0.2, 0) is 9.59 Å². The van der Waals surface area contributed by atoms with Crippen molar-refractivity contribution in [3.05, 3.63) is 64.8 Å². The number of benzene rings is 2. The highest BCUT2D eigenvalue weighted by atomic mass is 32.2. The zero-order chi connectivity index (χ0) is 19.4. The average molecular weight is 402 g/mol. The van der Waals surface area contributed by atoms with Crippen molar-refractivity contribution in [1.29, 1.82) is 0 Å². The summed E-state index contributed by atoms with van der Waals surface area (Å²) in [5.74, 6) is -1.18. The van der Waals surface area contributed by atoms with Crippen molar-refractivity contribution >= 4 is 51.9 Å². The van der Waals surface area contributed by atoms with Gasteiger partial charge >= 0.3 is 0 Å². The van der Waals surface area contributed by atoms with Crippen molar-refractivity contribution in [2.45, 2.75) is 6.42 Å². The molecule has 1 saturated heterocycles. The number of hydrogen-bond acceptors (Lipinski definition) is 5. The van der Waals surface area contributed by atoms with Crippen molar-refractivity contribution < 1.29 is 19.1 Å². The molecule has 1 aliphatic rings. The predicted octanol–water partition coefficient (Wildman–Crippen LogP) is 3.76. The number of anilines is 1. The predicted molar refractivity (Wildman–Crippen MR) is 108 cm³/mol. The Morgan fingerprint density at radius 1 is 1.22 bits per heavy atom. The minimum atomic E-state index is -0.426. The highest BCUT2D eigenvalue weighted by Crippen LogP contribution is 2.33. The Hall–Kier alpha value is -2.71. The molecule has 27 heavy (non-hydrogen) atoms. The van der Waals surface area contributed by atoms with Gasteiger partial charge in [0.1, 0.15) is 15.9 Å². The van der Waals surface area contributed by atoms with Crippen LogP contribution in [0.4, 0.5) is 10.1 Å². The first-order valence-electron chi connectivity index (χ1n) is 8.03. The third-order valence-electron chi connectivity index (χ3n) is 3.81. The van der Waals surface area contributed by atoms with Crippen molar-refractivity contribution in [3.8, 4) is 5.75 Å². The van der Waals surface area contributed by atoms with Crippen LogP contribution < -0.4 is 5.32 Å². The van der Waals surface area contributed by atoms with Crippen LogP contribution in [0.2, 0.25) is 0 Å². The Balaban J connectivity index is 1.63. The van der Waals surface area contributed by atoms with E-state index in [9.17, 15) is 19.1 Å². The van der Waals surface area contributed by atoms with Crippen LogP contribution in [-0.4, -0.2) is 32.7 Å². The fourth-order valence-corrected chi connectivity index (χ4v) is 3.73. The van der Waals surface area contributed by atoms with Crippen LogP contribution >= 0.6 is 24.0 Å². The van der Waals surface area contributed by atoms with E-state index in [1.807, 2.05) is 0 Å². The van der Waals surface area contributed by atoms with Gasteiger partial charge in [0.2, 0.25) is 5.91 Å². The number of para-hydroxylation sites is 2. The maximum Gasteiger partial charge on any atom is 0.266 e. The zero-order valence-corrected chi connectivity index (χ0v) is 15.6. The van der Waals surface area contributed by atoms with Crippen LogP contribution in [0, 0.1) is 5.82 Å². The minimum Gasteiger partial charge on any atom is -0.506 e. The molecule has 2 amide bonds. The largest absolute Gasteiger partial charge is 0.506 e. The monoisotopic (exact) mass is 402 g/mol. The van der Waals surface area contributed by atoms with Crippen molar-refractivity contribution in [2.75, 3.05) is 11.9 Å². The number of carbonyl (C=O) groups is 2. The second-order valence-electron chi connectivity index (χ2n) is 5.67. The van der Waals surface area contributed by atoms with Crippen LogP contribution in [0.15, 0.2) is 53.4 Å². The number of nitrogens with zero attached hydrogens (tertiary/aromatic N) is 1. The van der Waals surface area contributed by atoms with E-state index in [1.54, 1.807) is 36.4 Å². The number of halogens is 1. The summed E-state index contributed by atoms with van der Waals surface area (Å²) in [5, 5.41) is 12.3. The van der Waals surface area contributed by atoms with E-state index < -0.39 is 5.82 Å². The summed E-state index contributed by atoms with van der Waals surface area (Å²) in [4.78, 5) is 26.2. The molecule has 8 heteroatoms. The number of nitrogens with one attached hydrogen (secondary N) is 1. The Kier molecular flexibility index (Phi) is 5.88. The molecule has 1 aliphatic heterocycles. The molecular weight excluding hydrogens is 387 g/mol. The van der Waals surface area contributed by atoms with Gasteiger partial charge in [-0.1, -0.05) is 54.3 Å². The average Bonchev–Trinajstić information content (AvgIpc) is 2.90. The number of aromatic hydroxyl groups is 1. The topological polar surface area (TPSA) is 69.6 Å². The lowest BCUT2D eigenvalue weighted by atomic mass is 10.2. The summed E-state index contributed by atoms with van der Waals surface area (Å²) in [6, 6.07) is 12.5. The number of rotatable bonds is 5. The molecule has 1 heterocycles. The van der Waals surface area contributed by atoms with E-state index in [-0.39, 0.29) is 30.5 Å². The molecule has 0 radical (unpaired) electrons. The molecule has 2 N–H and O–H groups in total. The van der Waals surface area contributed by atoms with E-state index in [0.717, 1.165) is 11.8 Å². The maximum absolute atomic E-state index is 13.8. The van der Waals surface area contributed by atoms with Crippen molar-refractivity contribution in [1.82, 2.24) is 4.90 Å². The first kappa shape index (κ1) is 19.1. The van der Waals surface area contributed by atoms with E-state index in [4.69, 9.17) is 12.2 Å². The minimum absolute atomic E-state index is 0.00769. The standard InChI is InChI=1S/C19H15FN2O3S2/c20-13-6-2-1-5-12(13)11-16-18(25)22(19(26)27-16)10-9-17(24)21-14-7-3-4-8-15(14)23/h1-8,11,23H,9-10H2,(H,21,24)/b16-11-. The van der Waals surface area contributed by atoms with Gasteiger partial charge in [0.25, 0.3) is 5.91 Å². The summed E-state index contributed by atoms with van der Waals surface area (Å²) in [7, 11) is 0. The smallest absolute Gasteiger partial charge is 0.266 e. The van der Waals surface area contributed by atoms with Gasteiger partial charge in [0.15, 0.2) is 0 Å². The number of phenolic OH excluding ortho intramolecular Hbond substituents is 1. The fourth-order valence-electron chi connectivity index (χ4n) is 2.43. The first-order chi connectivity index (χ1) is 13.0. The molecule has 138 valence electrons. The maximum atomic E-state index is 13.8. The molecule has 0 spiro atoms. The molecule has 0 bridgehead atoms. The molecule has 0 unspecified atom stereocenters. The van der Waals surface area contributed by atoms with Gasteiger partial charge in [0.05, 0.1) is 10.6 Å². The molecular formula is C19H15FN2O3S2. The van der Waals surface area contributed by atoms with E-state index in [0.29, 0.717) is 20.5 Å². The molecule has 0 aromatic heterocycles. The summed E-state index contributed by atoms with van der Waals surface area (Å²) in [5.41, 5.74) is 0.600. The van der Waals surface area contributed by atoms with Crippen LogP contribution in [0.3, 0.4) is 0 Å². The van der Waals surface area contributed by atoms with Crippen LogP contribution in [0.1, 0.15) is 12.0 Å². The number of phenols is 1. The van der Waals surface area contributed by atoms with Gasteiger partial charge in [-0.15, -0.1) is 0 Å². The van der Waals surface area contributed by atoms with Gasteiger partial charge in [-0.05, 0) is 24.3 Å². The van der Waals surface area contributed by atoms with E-state index in [1.165, 1.54) is 23.1 Å². The molecule has 3 rings (SSSR count). The lowest BCUT2D eigenvalue weighted by Gasteiger charge is -2.14. The summed E-state index contributed by atoms with van der Waals surface area (Å²) in [6.07, 6.45) is 1.46. The summed E-state index contributed by atoms with van der Waals surface area (Å²) in [6.45, 7) is 0.0959. The molecule has 2 aromatic carbocycles. The summed E-state index contributed by atoms with van der Waals surface area (Å²) >= 11 is 6.28. The third kappa shape index (κ3) is 4.53. The number of carbonyl (C=O) groups excluding carboxylic acids is 2. The summed E-state index contributed by atoms with van der Waals surface area (Å²) < 4.78 is 14.1. The highest BCUT2D eigenvalue weighted by molar-refractivity contribution is 8.26. The number of thiocarbonyl (C=S) groups is 1. The molecule has 0 aliphatic carbocycles. The quantitative estimate of drug-likeness (QED) is 0.453. The molecule has 1 fully saturated rings. The third-order valence-corrected chi connectivity index (χ3v) is 5.18. The Morgan fingerprint density at radius 3 is 2.67 bits per heavy atom. The number of amides is 2. The van der Waals surface area contributed by atoms with Gasteiger partial charge in [0, 0.05) is 18.5 Å². The van der Waals surface area contributed by atoms with Gasteiger partial charge in [-0.25, -0.2) is 4.39 Å². The SMILES string of the molecule is O=C(CCN1C(=O)/C(=C/c2ccccc2F)SC1=S)Nc1ccccc1O. The Bertz CT molecular complexity index is 946. The number of thioether (sulfide) groups is 1. The lowest BCUT2D eigenvalue weighted by molar-refractivity contribution is -0.122. The van der Waals surface area contributed by atoms with E-state index in [2.05, 4.69) is 5.32 Å². The van der Waals surface area contributed by atoms with Crippen LogP contribution in [0.5, 0.6) is 5.75 Å². The molecule has 2 aromatic rings. The normalized spacial score (nSPS) is 15.4. The molecule has 0 saturated carbocycles. The highest BCUT2D eigenvalue weighted by Gasteiger charge is 2.32. The Morgan fingerprint density at radius 2 is 1.93 bits per heavy atom. The first-order valence-corrected chi connectivity index (χ1v) is 9.26. The van der Waals surface area contributed by atoms with E-state index >= 15 is 0 Å². The Labute approximate surface area is 164 Å². The van der Waals surface area contributed by atoms with Gasteiger partial charge < -0.3 is 10.4 Å². The second kappa shape index (κ2) is 8.32. The number of hydrogen-bond donors (Lipinski definition) is 2.